The molecule has 0 heterocycles. The first-order chi connectivity index (χ1) is 14.2. The summed E-state index contributed by atoms with van der Waals surface area (Å²) in [7, 11) is 0. The third-order valence-electron chi connectivity index (χ3n) is 4.69. The average Bonchev–Trinajstić information content (AvgIpc) is 2.69. The quantitative estimate of drug-likeness (QED) is 0.564. The predicted molar refractivity (Wildman–Crippen MR) is 119 cm³/mol. The fourth-order valence-corrected chi connectivity index (χ4v) is 3.52. The highest BCUT2D eigenvalue weighted by Gasteiger charge is 2.29. The van der Waals surface area contributed by atoms with E-state index in [1.165, 1.54) is 17.0 Å². The molecule has 0 radical (unpaired) electrons. The normalized spacial score (nSPS) is 12.0. The molecule has 0 saturated carbocycles. The topological polar surface area (TPSA) is 49.4 Å². The van der Waals surface area contributed by atoms with Gasteiger partial charge >= 0.3 is 0 Å². The van der Waals surface area contributed by atoms with E-state index in [9.17, 15) is 14.0 Å². The first kappa shape index (κ1) is 24.2. The van der Waals surface area contributed by atoms with Gasteiger partial charge < -0.3 is 10.2 Å². The fraction of sp³-hybridized carbons (Fsp3) is 0.391. The number of benzene rings is 2. The van der Waals surface area contributed by atoms with Crippen LogP contribution < -0.4 is 5.32 Å². The van der Waals surface area contributed by atoms with E-state index in [1.807, 2.05) is 20.8 Å². The van der Waals surface area contributed by atoms with Crippen molar-refractivity contribution >= 4 is 35.0 Å². The molecule has 0 saturated heterocycles. The highest BCUT2D eigenvalue weighted by atomic mass is 35.5. The molecule has 0 aliphatic heterocycles. The SMILES string of the molecule is CC[C@@H](C(=O)NCC(C)C)N(Cc1ccc(Cl)cc1Cl)C(=O)Cc1ccc(F)cc1. The van der Waals surface area contributed by atoms with Gasteiger partial charge in [0.05, 0.1) is 6.42 Å². The largest absolute Gasteiger partial charge is 0.354 e. The lowest BCUT2D eigenvalue weighted by Gasteiger charge is -2.31. The molecule has 30 heavy (non-hydrogen) atoms. The summed E-state index contributed by atoms with van der Waals surface area (Å²) in [5, 5.41) is 3.84. The number of hydrogen-bond acceptors (Lipinski definition) is 2. The summed E-state index contributed by atoms with van der Waals surface area (Å²) in [6.07, 6.45) is 0.504. The number of amides is 2. The van der Waals surface area contributed by atoms with E-state index < -0.39 is 6.04 Å². The summed E-state index contributed by atoms with van der Waals surface area (Å²) in [5.74, 6) is -0.515. The van der Waals surface area contributed by atoms with Gasteiger partial charge in [-0.2, -0.15) is 0 Å². The molecule has 0 spiro atoms. The number of carbonyl (C=O) groups is 2. The predicted octanol–water partition coefficient (Wildman–Crippen LogP) is 5.25. The summed E-state index contributed by atoms with van der Waals surface area (Å²) in [6.45, 7) is 6.57. The van der Waals surface area contributed by atoms with Gasteiger partial charge in [0.1, 0.15) is 11.9 Å². The minimum absolute atomic E-state index is 0.0550. The van der Waals surface area contributed by atoms with Gasteiger partial charge in [0.2, 0.25) is 11.8 Å². The molecule has 0 aromatic heterocycles. The van der Waals surface area contributed by atoms with Crippen LogP contribution in [0, 0.1) is 11.7 Å². The molecule has 1 N–H and O–H groups in total. The van der Waals surface area contributed by atoms with Crippen molar-refractivity contribution in [3.8, 4) is 0 Å². The zero-order valence-corrected chi connectivity index (χ0v) is 18.9. The molecule has 7 heteroatoms. The highest BCUT2D eigenvalue weighted by molar-refractivity contribution is 6.35. The Morgan fingerprint density at radius 2 is 1.77 bits per heavy atom. The van der Waals surface area contributed by atoms with Crippen molar-refractivity contribution in [2.75, 3.05) is 6.54 Å². The van der Waals surface area contributed by atoms with Gasteiger partial charge in [-0.25, -0.2) is 4.39 Å². The molecule has 0 aliphatic carbocycles. The van der Waals surface area contributed by atoms with Crippen LogP contribution in [0.15, 0.2) is 42.5 Å². The van der Waals surface area contributed by atoms with Crippen LogP contribution in [0.1, 0.15) is 38.3 Å². The van der Waals surface area contributed by atoms with Gasteiger partial charge in [0.25, 0.3) is 0 Å². The second kappa shape index (κ2) is 11.3. The van der Waals surface area contributed by atoms with E-state index in [1.54, 1.807) is 30.3 Å². The van der Waals surface area contributed by atoms with Gasteiger partial charge in [0, 0.05) is 23.1 Å². The molecule has 4 nitrogen and oxygen atoms in total. The highest BCUT2D eigenvalue weighted by Crippen LogP contribution is 2.24. The number of hydrogen-bond donors (Lipinski definition) is 1. The van der Waals surface area contributed by atoms with Crippen LogP contribution in [0.3, 0.4) is 0 Å². The second-order valence-corrected chi connectivity index (χ2v) is 8.47. The van der Waals surface area contributed by atoms with Crippen LogP contribution >= 0.6 is 23.2 Å². The Balaban J connectivity index is 2.30. The lowest BCUT2D eigenvalue weighted by molar-refractivity contribution is -0.141. The van der Waals surface area contributed by atoms with Gasteiger partial charge in [-0.3, -0.25) is 9.59 Å². The van der Waals surface area contributed by atoms with Crippen LogP contribution in [0.5, 0.6) is 0 Å². The van der Waals surface area contributed by atoms with Crippen molar-refractivity contribution in [3.05, 3.63) is 69.5 Å². The van der Waals surface area contributed by atoms with Crippen LogP contribution in [0.4, 0.5) is 4.39 Å². The maximum Gasteiger partial charge on any atom is 0.242 e. The molecule has 1 atom stereocenters. The van der Waals surface area contributed by atoms with Crippen molar-refractivity contribution in [2.45, 2.75) is 46.2 Å². The fourth-order valence-electron chi connectivity index (χ4n) is 3.05. The summed E-state index contributed by atoms with van der Waals surface area (Å²) < 4.78 is 13.2. The Bertz CT molecular complexity index is 872. The van der Waals surface area contributed by atoms with Crippen LogP contribution in [-0.2, 0) is 22.6 Å². The zero-order valence-electron chi connectivity index (χ0n) is 17.4. The molecule has 2 aromatic carbocycles. The Morgan fingerprint density at radius 3 is 2.33 bits per heavy atom. The Hall–Kier alpha value is -2.11. The smallest absolute Gasteiger partial charge is 0.242 e. The molecular weight excluding hydrogens is 426 g/mol. The van der Waals surface area contributed by atoms with Gasteiger partial charge in [-0.15, -0.1) is 0 Å². The minimum atomic E-state index is -0.650. The Morgan fingerprint density at radius 1 is 1.10 bits per heavy atom. The number of carbonyl (C=O) groups excluding carboxylic acids is 2. The maximum absolute atomic E-state index is 13.2. The number of nitrogens with one attached hydrogen (secondary N) is 1. The summed E-state index contributed by atoms with van der Waals surface area (Å²) in [5.41, 5.74) is 1.37. The monoisotopic (exact) mass is 452 g/mol. The molecule has 2 amide bonds. The number of halogens is 3. The summed E-state index contributed by atoms with van der Waals surface area (Å²) in [4.78, 5) is 27.6. The first-order valence-electron chi connectivity index (χ1n) is 9.96. The molecular formula is C23H27Cl2FN2O2. The van der Waals surface area contributed by atoms with E-state index >= 15 is 0 Å². The van der Waals surface area contributed by atoms with E-state index in [0.717, 1.165) is 0 Å². The molecule has 0 fully saturated rings. The van der Waals surface area contributed by atoms with Crippen molar-refractivity contribution < 1.29 is 14.0 Å². The average molecular weight is 453 g/mol. The third-order valence-corrected chi connectivity index (χ3v) is 5.28. The van der Waals surface area contributed by atoms with Crippen LogP contribution in [-0.4, -0.2) is 29.3 Å². The first-order valence-corrected chi connectivity index (χ1v) is 10.7. The minimum Gasteiger partial charge on any atom is -0.354 e. The summed E-state index contributed by atoms with van der Waals surface area (Å²) in [6, 6.07) is 10.2. The maximum atomic E-state index is 13.2. The number of rotatable bonds is 9. The molecule has 2 aromatic rings. The molecule has 0 aliphatic rings. The lowest BCUT2D eigenvalue weighted by Crippen LogP contribution is -2.50. The van der Waals surface area contributed by atoms with Crippen molar-refractivity contribution in [2.24, 2.45) is 5.92 Å². The molecule has 162 valence electrons. The van der Waals surface area contributed by atoms with Crippen LogP contribution in [0.2, 0.25) is 10.0 Å². The molecule has 0 unspecified atom stereocenters. The van der Waals surface area contributed by atoms with Crippen molar-refractivity contribution in [3.63, 3.8) is 0 Å². The standard InChI is InChI=1S/C23H27Cl2FN2O2/c1-4-21(23(30)27-13-15(2)3)28(14-17-7-8-18(24)12-20(17)25)22(29)11-16-5-9-19(26)10-6-16/h5-10,12,15,21H,4,11,13-14H2,1-3H3,(H,27,30)/t21-/m0/s1. The molecule has 0 bridgehead atoms. The van der Waals surface area contributed by atoms with Gasteiger partial charge in [-0.1, -0.05) is 62.2 Å². The molecule has 2 rings (SSSR count). The van der Waals surface area contributed by atoms with Gasteiger partial charge in [0.15, 0.2) is 0 Å². The van der Waals surface area contributed by atoms with E-state index in [2.05, 4.69) is 5.32 Å². The summed E-state index contributed by atoms with van der Waals surface area (Å²) >= 11 is 12.3. The third kappa shape index (κ3) is 6.99. The van der Waals surface area contributed by atoms with Crippen molar-refractivity contribution in [1.29, 1.82) is 0 Å². The second-order valence-electron chi connectivity index (χ2n) is 7.62. The Labute approximate surface area is 187 Å². The van der Waals surface area contributed by atoms with E-state index in [-0.39, 0.29) is 30.6 Å². The van der Waals surface area contributed by atoms with E-state index in [0.29, 0.717) is 40.1 Å². The van der Waals surface area contributed by atoms with Crippen LogP contribution in [0.25, 0.3) is 0 Å². The Kier molecular flexibility index (Phi) is 9.12. The van der Waals surface area contributed by atoms with Crippen molar-refractivity contribution in [1.82, 2.24) is 10.2 Å². The number of nitrogens with zero attached hydrogens (tertiary/aromatic N) is 1. The lowest BCUT2D eigenvalue weighted by atomic mass is 10.1. The zero-order chi connectivity index (χ0) is 22.3. The van der Waals surface area contributed by atoms with E-state index in [4.69, 9.17) is 23.2 Å². The van der Waals surface area contributed by atoms with Gasteiger partial charge in [-0.05, 0) is 47.7 Å².